The van der Waals surface area contributed by atoms with E-state index in [-0.39, 0.29) is 11.8 Å². The number of anilines is 1. The molecule has 1 atom stereocenters. The monoisotopic (exact) mass is 288 g/mol. The molecule has 1 aromatic rings. The summed E-state index contributed by atoms with van der Waals surface area (Å²) < 4.78 is 10.8. The number of nitriles is 1. The fraction of sp³-hybridized carbons (Fsp3) is 0.500. The van der Waals surface area contributed by atoms with Crippen molar-refractivity contribution in [3.8, 4) is 11.8 Å². The first-order valence-electron chi connectivity index (χ1n) is 7.08. The van der Waals surface area contributed by atoms with E-state index in [0.717, 1.165) is 12.8 Å². The van der Waals surface area contributed by atoms with Crippen LogP contribution in [-0.2, 0) is 9.53 Å². The average Bonchev–Trinajstić information content (AvgIpc) is 3.33. The molecule has 2 rings (SSSR count). The molecule has 0 aromatic heterocycles. The molecular weight excluding hydrogens is 268 g/mol. The van der Waals surface area contributed by atoms with Gasteiger partial charge in [-0.3, -0.25) is 4.79 Å². The van der Waals surface area contributed by atoms with Crippen molar-refractivity contribution in [3.63, 3.8) is 0 Å². The Balaban J connectivity index is 2.19. The van der Waals surface area contributed by atoms with Gasteiger partial charge in [0.25, 0.3) is 5.91 Å². The Morgan fingerprint density at radius 2 is 2.24 bits per heavy atom. The van der Waals surface area contributed by atoms with E-state index < -0.39 is 5.60 Å². The Hall–Kier alpha value is -2.06. The van der Waals surface area contributed by atoms with Gasteiger partial charge in [-0.15, -0.1) is 0 Å². The van der Waals surface area contributed by atoms with Crippen molar-refractivity contribution in [3.05, 3.63) is 23.8 Å². The molecule has 1 N–H and O–H groups in total. The highest BCUT2D eigenvalue weighted by Crippen LogP contribution is 2.42. The lowest BCUT2D eigenvalue weighted by molar-refractivity contribution is -0.138. The Labute approximate surface area is 124 Å². The summed E-state index contributed by atoms with van der Waals surface area (Å²) in [4.78, 5) is 12.4. The van der Waals surface area contributed by atoms with Gasteiger partial charge in [0.1, 0.15) is 17.4 Å². The molecule has 0 saturated heterocycles. The van der Waals surface area contributed by atoms with Crippen LogP contribution in [0, 0.1) is 17.2 Å². The maximum Gasteiger partial charge on any atom is 0.256 e. The summed E-state index contributed by atoms with van der Waals surface area (Å²) in [6.45, 7) is 4.20. The zero-order valence-electron chi connectivity index (χ0n) is 12.6. The van der Waals surface area contributed by atoms with Gasteiger partial charge in [-0.2, -0.15) is 5.26 Å². The number of carbonyl (C=O) groups excluding carboxylic acids is 1. The highest BCUT2D eigenvalue weighted by atomic mass is 16.5. The number of amides is 1. The van der Waals surface area contributed by atoms with Crippen LogP contribution in [-0.4, -0.2) is 25.2 Å². The maximum absolute atomic E-state index is 12.4. The van der Waals surface area contributed by atoms with E-state index in [0.29, 0.717) is 23.6 Å². The first kappa shape index (κ1) is 15.3. The molecule has 0 heterocycles. The van der Waals surface area contributed by atoms with Crippen molar-refractivity contribution in [2.75, 3.05) is 19.0 Å². The van der Waals surface area contributed by atoms with Gasteiger partial charge in [0.15, 0.2) is 0 Å². The number of benzene rings is 1. The molecule has 1 unspecified atom stereocenters. The van der Waals surface area contributed by atoms with Crippen molar-refractivity contribution in [1.29, 1.82) is 5.26 Å². The highest BCUT2D eigenvalue weighted by Gasteiger charge is 2.47. The van der Waals surface area contributed by atoms with Crippen LogP contribution in [0.15, 0.2) is 18.2 Å². The molecule has 1 fully saturated rings. The molecule has 0 bridgehead atoms. The van der Waals surface area contributed by atoms with Crippen LogP contribution in [0.4, 0.5) is 5.69 Å². The molecule has 5 heteroatoms. The van der Waals surface area contributed by atoms with E-state index in [1.165, 1.54) is 0 Å². The predicted octanol–water partition coefficient (Wildman–Crippen LogP) is 2.71. The molecule has 0 aliphatic heterocycles. The second-order valence-electron chi connectivity index (χ2n) is 5.29. The van der Waals surface area contributed by atoms with E-state index in [1.807, 2.05) is 6.92 Å². The van der Waals surface area contributed by atoms with Gasteiger partial charge in [0.05, 0.1) is 17.9 Å². The smallest absolute Gasteiger partial charge is 0.256 e. The van der Waals surface area contributed by atoms with Crippen LogP contribution in [0.2, 0.25) is 0 Å². The predicted molar refractivity (Wildman–Crippen MR) is 79.1 cm³/mol. The molecule has 0 spiro atoms. The lowest BCUT2D eigenvalue weighted by atomic mass is 9.98. The maximum atomic E-state index is 12.4. The molecule has 0 radical (unpaired) electrons. The molecule has 5 nitrogen and oxygen atoms in total. The normalized spacial score (nSPS) is 16.7. The number of nitrogens with one attached hydrogen (secondary N) is 1. The number of hydrogen-bond acceptors (Lipinski definition) is 4. The van der Waals surface area contributed by atoms with E-state index >= 15 is 0 Å². The van der Waals surface area contributed by atoms with Crippen molar-refractivity contribution in [2.24, 2.45) is 5.92 Å². The van der Waals surface area contributed by atoms with Gasteiger partial charge in [-0.05, 0) is 50.8 Å². The highest BCUT2D eigenvalue weighted by molar-refractivity contribution is 5.98. The zero-order chi connectivity index (χ0) is 15.5. The number of hydrogen-bond donors (Lipinski definition) is 1. The third-order valence-corrected chi connectivity index (χ3v) is 3.90. The van der Waals surface area contributed by atoms with E-state index in [4.69, 9.17) is 9.47 Å². The second kappa shape index (κ2) is 6.15. The fourth-order valence-electron chi connectivity index (χ4n) is 2.31. The van der Waals surface area contributed by atoms with Crippen LogP contribution in [0.5, 0.6) is 5.75 Å². The van der Waals surface area contributed by atoms with E-state index in [9.17, 15) is 10.1 Å². The Morgan fingerprint density at radius 3 is 2.76 bits per heavy atom. The van der Waals surface area contributed by atoms with Crippen LogP contribution in [0.25, 0.3) is 0 Å². The Morgan fingerprint density at radius 1 is 1.52 bits per heavy atom. The van der Waals surface area contributed by atoms with Gasteiger partial charge >= 0.3 is 0 Å². The Bertz CT molecular complexity index is 575. The minimum atomic E-state index is -0.842. The molecule has 1 amide bonds. The average molecular weight is 288 g/mol. The first-order chi connectivity index (χ1) is 10.0. The number of methoxy groups -OCH3 is 1. The lowest BCUT2D eigenvalue weighted by Gasteiger charge is -2.27. The fourth-order valence-corrected chi connectivity index (χ4v) is 2.31. The van der Waals surface area contributed by atoms with Gasteiger partial charge in [-0.25, -0.2) is 0 Å². The molecule has 21 heavy (non-hydrogen) atoms. The number of nitrogens with zero attached hydrogens (tertiary/aromatic N) is 1. The van der Waals surface area contributed by atoms with E-state index in [1.54, 1.807) is 32.2 Å². The van der Waals surface area contributed by atoms with Gasteiger partial charge in [-0.1, -0.05) is 0 Å². The number of ether oxygens (including phenoxy) is 2. The molecule has 112 valence electrons. The summed E-state index contributed by atoms with van der Waals surface area (Å²) in [6.07, 6.45) is 1.98. The van der Waals surface area contributed by atoms with Crippen LogP contribution >= 0.6 is 0 Å². The third-order valence-electron chi connectivity index (χ3n) is 3.90. The summed E-state index contributed by atoms with van der Waals surface area (Å²) in [6, 6.07) is 7.13. The minimum Gasteiger partial charge on any atom is -0.494 e. The Kier molecular flexibility index (Phi) is 4.49. The standard InChI is InChI=1S/C16H20N2O3/c1-4-21-13-7-8-14(11(9-13)10-17)18-15(19)16(2,20-3)12-5-6-12/h7-9,12H,4-6H2,1-3H3,(H,18,19). The number of carbonyl (C=O) groups is 1. The van der Waals surface area contributed by atoms with Gasteiger partial charge in [0.2, 0.25) is 0 Å². The van der Waals surface area contributed by atoms with Crippen molar-refractivity contribution >= 4 is 11.6 Å². The topological polar surface area (TPSA) is 71.3 Å². The summed E-state index contributed by atoms with van der Waals surface area (Å²) in [5, 5.41) is 12.0. The molecule has 1 aliphatic rings. The summed E-state index contributed by atoms with van der Waals surface area (Å²) in [5.41, 5.74) is 0.0177. The SMILES string of the molecule is CCOc1ccc(NC(=O)C(C)(OC)C2CC2)c(C#N)c1. The molecule has 1 aliphatic carbocycles. The number of rotatable bonds is 6. The van der Waals surface area contributed by atoms with Gasteiger partial charge in [0, 0.05) is 7.11 Å². The minimum absolute atomic E-state index is 0.215. The first-order valence-corrected chi connectivity index (χ1v) is 7.08. The molecule has 1 aromatic carbocycles. The zero-order valence-corrected chi connectivity index (χ0v) is 12.6. The van der Waals surface area contributed by atoms with Crippen LogP contribution in [0.3, 0.4) is 0 Å². The summed E-state index contributed by atoms with van der Waals surface area (Å²) in [7, 11) is 1.54. The van der Waals surface area contributed by atoms with Crippen LogP contribution < -0.4 is 10.1 Å². The molecular formula is C16H20N2O3. The van der Waals surface area contributed by atoms with Crippen molar-refractivity contribution in [2.45, 2.75) is 32.3 Å². The quantitative estimate of drug-likeness (QED) is 0.873. The third kappa shape index (κ3) is 3.17. The largest absolute Gasteiger partial charge is 0.494 e. The van der Waals surface area contributed by atoms with Gasteiger partial charge < -0.3 is 14.8 Å². The van der Waals surface area contributed by atoms with Crippen LogP contribution in [0.1, 0.15) is 32.3 Å². The lowest BCUT2D eigenvalue weighted by Crippen LogP contribution is -2.44. The summed E-state index contributed by atoms with van der Waals surface area (Å²) in [5.74, 6) is 0.646. The van der Waals surface area contributed by atoms with E-state index in [2.05, 4.69) is 11.4 Å². The van der Waals surface area contributed by atoms with Crippen molar-refractivity contribution in [1.82, 2.24) is 0 Å². The van der Waals surface area contributed by atoms with Crippen molar-refractivity contribution < 1.29 is 14.3 Å². The summed E-state index contributed by atoms with van der Waals surface area (Å²) >= 11 is 0. The molecule has 1 saturated carbocycles. The second-order valence-corrected chi connectivity index (χ2v) is 5.29.